The molecule has 14 rings (SSSR count). The van der Waals surface area contributed by atoms with E-state index >= 15 is 0 Å². The number of likely N-dealkylation sites (tertiary alicyclic amines) is 5. The first kappa shape index (κ1) is 74.2. The molecule has 0 aromatic rings. The van der Waals surface area contributed by atoms with Gasteiger partial charge < -0.3 is 19.6 Å². The van der Waals surface area contributed by atoms with Crippen molar-refractivity contribution in [3.63, 3.8) is 0 Å². The van der Waals surface area contributed by atoms with Gasteiger partial charge in [0.05, 0.1) is 0 Å². The van der Waals surface area contributed by atoms with Crippen molar-refractivity contribution < 1.29 is 0 Å². The summed E-state index contributed by atoms with van der Waals surface area (Å²) in [5, 5.41) is 0. The summed E-state index contributed by atoms with van der Waals surface area (Å²) in [4.78, 5) is 31.7. The van der Waals surface area contributed by atoms with Crippen molar-refractivity contribution in [1.29, 1.82) is 0 Å². The fourth-order valence-electron chi connectivity index (χ4n) is 18.8. The number of piperidine rings is 4. The lowest BCUT2D eigenvalue weighted by molar-refractivity contribution is -0.0930. The molecule has 84 heavy (non-hydrogen) atoms. The molecule has 13 saturated heterocycles. The van der Waals surface area contributed by atoms with Crippen LogP contribution in [0.4, 0.5) is 0 Å². The summed E-state index contributed by atoms with van der Waals surface area (Å²) >= 11 is 0. The highest BCUT2D eigenvalue weighted by Crippen LogP contribution is 2.47. The van der Waals surface area contributed by atoms with Crippen molar-refractivity contribution in [2.75, 3.05) is 145 Å². The Bertz CT molecular complexity index is 1940. The first-order valence-electron chi connectivity index (χ1n) is 34.2. The van der Waals surface area contributed by atoms with Crippen molar-refractivity contribution in [3.8, 4) is 0 Å². The molecule has 14 fully saturated rings. The van der Waals surface area contributed by atoms with E-state index in [-0.39, 0.29) is 22.3 Å². The van der Waals surface area contributed by atoms with Crippen molar-refractivity contribution in [2.45, 2.75) is 307 Å². The SMILES string of the molecule is C.C.C.CC(C)(C)N1CCN2C3CCC(C3)C2C1.CC(C)(C)N1CCN2CCC1C2.CC(C)(C)N1CCN2CCC1CC2.CN1C2CCC1CN(C(C)(C)C)C2.CN1CC2(C)CN(C(C)(C)C)CC(C)(C1)C2.CN1CC2CC1CN2C(C)(C)C. The highest BCUT2D eigenvalue weighted by atomic mass is 15.4. The molecule has 11 atom stereocenters. The van der Waals surface area contributed by atoms with Crippen LogP contribution < -0.4 is 0 Å². The van der Waals surface area contributed by atoms with Crippen LogP contribution in [0.1, 0.15) is 225 Å². The zero-order valence-corrected chi connectivity index (χ0v) is 58.1. The maximum Gasteiger partial charge on any atom is 0.0255 e. The second-order valence-electron chi connectivity index (χ2n) is 36.1. The van der Waals surface area contributed by atoms with Gasteiger partial charge in [0.1, 0.15) is 0 Å². The van der Waals surface area contributed by atoms with Crippen molar-refractivity contribution in [3.05, 3.63) is 0 Å². The Balaban J connectivity index is 0.000000184. The molecule has 0 aromatic heterocycles. The lowest BCUT2D eigenvalue weighted by atomic mass is 9.65. The van der Waals surface area contributed by atoms with E-state index in [4.69, 9.17) is 0 Å². The predicted octanol–water partition coefficient (Wildman–Crippen LogP) is 11.8. The molecule has 0 amide bonds. The second-order valence-corrected chi connectivity index (χ2v) is 36.1. The maximum absolute atomic E-state index is 2.82. The predicted molar refractivity (Wildman–Crippen MR) is 367 cm³/mol. The lowest BCUT2D eigenvalue weighted by Crippen LogP contribution is -2.64. The minimum Gasteiger partial charge on any atom is -0.305 e. The van der Waals surface area contributed by atoms with Gasteiger partial charge in [-0.2, -0.15) is 0 Å². The van der Waals surface area contributed by atoms with Gasteiger partial charge in [-0.1, -0.05) is 36.1 Å². The van der Waals surface area contributed by atoms with Gasteiger partial charge in [0.15, 0.2) is 0 Å². The molecule has 12 heteroatoms. The zero-order valence-electron chi connectivity index (χ0n) is 58.1. The van der Waals surface area contributed by atoms with Gasteiger partial charge in [-0.05, 0) is 246 Å². The van der Waals surface area contributed by atoms with Gasteiger partial charge in [-0.25, -0.2) is 0 Å². The van der Waals surface area contributed by atoms with Crippen molar-refractivity contribution in [1.82, 2.24) is 58.8 Å². The van der Waals surface area contributed by atoms with Crippen LogP contribution in [-0.2, 0) is 0 Å². The van der Waals surface area contributed by atoms with Crippen LogP contribution in [0.3, 0.4) is 0 Å². The molecule has 11 unspecified atom stereocenters. The summed E-state index contributed by atoms with van der Waals surface area (Å²) in [6.45, 7) is 71.6. The fraction of sp³-hybridized carbons (Fsp3) is 1.00. The monoisotopic (exact) mass is 1180 g/mol. The summed E-state index contributed by atoms with van der Waals surface area (Å²) in [7, 11) is 6.83. The van der Waals surface area contributed by atoms with E-state index in [9.17, 15) is 0 Å². The Morgan fingerprint density at radius 2 is 0.810 bits per heavy atom. The van der Waals surface area contributed by atoms with Crippen LogP contribution in [0, 0.1) is 16.7 Å². The van der Waals surface area contributed by atoms with E-state index in [1.54, 1.807) is 0 Å². The van der Waals surface area contributed by atoms with Gasteiger partial charge in [-0.15, -0.1) is 0 Å². The van der Waals surface area contributed by atoms with Gasteiger partial charge >= 0.3 is 0 Å². The number of nitrogens with zero attached hydrogens (tertiary/aromatic N) is 12. The highest BCUT2D eigenvalue weighted by Gasteiger charge is 2.51. The molecule has 12 nitrogen and oxygen atoms in total. The van der Waals surface area contributed by atoms with Gasteiger partial charge in [0.25, 0.3) is 0 Å². The molecule has 0 aromatic carbocycles. The summed E-state index contributed by atoms with van der Waals surface area (Å²) in [6, 6.07) is 6.90. The molecule has 496 valence electrons. The van der Waals surface area contributed by atoms with Crippen LogP contribution in [0.2, 0.25) is 0 Å². The summed E-state index contributed by atoms with van der Waals surface area (Å²) in [6.07, 6.45) is 14.3. The largest absolute Gasteiger partial charge is 0.305 e. The van der Waals surface area contributed by atoms with Gasteiger partial charge in [-0.3, -0.25) is 39.2 Å². The number of fused-ring (bicyclic) bond motifs is 17. The summed E-state index contributed by atoms with van der Waals surface area (Å²) in [5.74, 6) is 1.03. The standard InChI is InChI=1S/C14H28N2.C13H24N2.2C11H22N2.2C10H20N2.3CH4/c1-12(2,3)16-10-13(4)7-14(5,11-16)9-15(6)8-13;1-13(2,3)14-6-7-15-11-5-4-10(8-11)12(15)9-14;1-11(2,3)13-7-9-5-6-10(8-13)12(9)4;1-11(2,3)13-9-8-12-6-4-10(13)5-7-12;1-10(2,3)12-7-8-5-9(12)6-11(8)4;1-10(2,3)12-7-6-11-5-4-9(12)8-11;;;/h7-11H2,1-6H3;10-12H,4-9H2,1-3H3;9-10H,5-8H2,1-4H3;10H,4-9H2,1-3H3;8-9H,5-7H2,1-4H3;9H,4-8H2,1-3H3;3*1H4. The Kier molecular flexibility index (Phi) is 24.9. The first-order valence-corrected chi connectivity index (χ1v) is 34.2. The van der Waals surface area contributed by atoms with E-state index in [1.807, 2.05) is 0 Å². The molecule has 0 radical (unpaired) electrons. The summed E-state index contributed by atoms with van der Waals surface area (Å²) < 4.78 is 0. The quantitative estimate of drug-likeness (QED) is 0.232. The number of piperazine rings is 4. The zero-order chi connectivity index (χ0) is 59.6. The Morgan fingerprint density at radius 3 is 1.29 bits per heavy atom. The average Bonchev–Trinajstić information content (AvgIpc) is 4.32. The number of rotatable bonds is 0. The number of likely N-dealkylation sites (N-methyl/N-ethyl adjacent to an activating group) is 2. The van der Waals surface area contributed by atoms with Crippen LogP contribution in [0.25, 0.3) is 0 Å². The lowest BCUT2D eigenvalue weighted by Gasteiger charge is -2.59. The molecule has 0 spiro atoms. The van der Waals surface area contributed by atoms with Crippen molar-refractivity contribution >= 4 is 0 Å². The molecular formula is C72H148N12. The van der Waals surface area contributed by atoms with E-state index < -0.39 is 0 Å². The minimum atomic E-state index is 0. The fourth-order valence-corrected chi connectivity index (χ4v) is 18.8. The number of hydrogen-bond acceptors (Lipinski definition) is 12. The van der Waals surface area contributed by atoms with Crippen LogP contribution in [-0.4, -0.2) is 286 Å². The summed E-state index contributed by atoms with van der Waals surface area (Å²) in [5.41, 5.74) is 3.15. The van der Waals surface area contributed by atoms with Crippen LogP contribution in [0.5, 0.6) is 0 Å². The smallest absolute Gasteiger partial charge is 0.0255 e. The third-order valence-corrected chi connectivity index (χ3v) is 23.0. The van der Waals surface area contributed by atoms with Gasteiger partial charge in [0, 0.05) is 186 Å². The maximum atomic E-state index is 2.82. The van der Waals surface area contributed by atoms with E-state index in [0.717, 1.165) is 54.3 Å². The van der Waals surface area contributed by atoms with Crippen molar-refractivity contribution in [2.24, 2.45) is 16.7 Å². The molecule has 1 saturated carbocycles. The third kappa shape index (κ3) is 18.4. The Morgan fingerprint density at radius 1 is 0.333 bits per heavy atom. The third-order valence-electron chi connectivity index (χ3n) is 23.0. The topological polar surface area (TPSA) is 38.9 Å². The number of hydrogen-bond donors (Lipinski definition) is 0. The Hall–Kier alpha value is -0.480. The van der Waals surface area contributed by atoms with Gasteiger partial charge in [0.2, 0.25) is 0 Å². The molecule has 12 bridgehead atoms. The van der Waals surface area contributed by atoms with E-state index in [2.05, 4.69) is 218 Å². The normalized spacial score (nSPS) is 37.7. The van der Waals surface area contributed by atoms with E-state index in [0.29, 0.717) is 44.1 Å². The molecule has 13 heterocycles. The molecule has 13 aliphatic heterocycles. The second kappa shape index (κ2) is 28.2. The highest BCUT2D eigenvalue weighted by molar-refractivity contribution is 5.06. The minimum absolute atomic E-state index is 0. The molecule has 14 aliphatic rings. The first-order chi connectivity index (χ1) is 37.3. The molecule has 0 N–H and O–H groups in total. The van der Waals surface area contributed by atoms with E-state index in [1.165, 1.54) is 189 Å². The molecule has 1 aliphatic carbocycles. The molecular weight excluding hydrogens is 1030 g/mol. The average molecular weight is 1180 g/mol. The Labute approximate surface area is 525 Å². The van der Waals surface area contributed by atoms with Crippen LogP contribution >= 0.6 is 0 Å². The van der Waals surface area contributed by atoms with Crippen LogP contribution in [0.15, 0.2) is 0 Å².